The summed E-state index contributed by atoms with van der Waals surface area (Å²) in [6.45, 7) is 8.13. The highest BCUT2D eigenvalue weighted by Gasteiger charge is 2.35. The van der Waals surface area contributed by atoms with E-state index in [1.165, 1.54) is 55.6 Å². The quantitative estimate of drug-likeness (QED) is 0.910. The summed E-state index contributed by atoms with van der Waals surface area (Å²) in [6, 6.07) is 6.90. The average Bonchev–Trinajstić information content (AvgIpc) is 2.95. The van der Waals surface area contributed by atoms with Crippen LogP contribution in [0.4, 0.5) is 0 Å². The van der Waals surface area contributed by atoms with Crippen LogP contribution in [0.2, 0.25) is 0 Å². The zero-order valence-electron chi connectivity index (χ0n) is 12.9. The van der Waals surface area contributed by atoms with Crippen LogP contribution >= 0.6 is 0 Å². The van der Waals surface area contributed by atoms with Gasteiger partial charge in [-0.3, -0.25) is 0 Å². The zero-order valence-corrected chi connectivity index (χ0v) is 12.9. The molecule has 20 heavy (non-hydrogen) atoms. The molecule has 1 aromatic rings. The molecule has 1 aromatic carbocycles. The molecule has 0 radical (unpaired) electrons. The van der Waals surface area contributed by atoms with Crippen molar-refractivity contribution in [2.75, 3.05) is 19.6 Å². The first-order chi connectivity index (χ1) is 9.61. The van der Waals surface area contributed by atoms with Crippen LogP contribution in [0.5, 0.6) is 0 Å². The molecular weight excluding hydrogens is 244 g/mol. The molecule has 1 aliphatic carbocycles. The lowest BCUT2D eigenvalue weighted by Crippen LogP contribution is -2.26. The van der Waals surface area contributed by atoms with Crippen LogP contribution in [-0.4, -0.2) is 24.5 Å². The van der Waals surface area contributed by atoms with Gasteiger partial charge in [-0.15, -0.1) is 0 Å². The minimum atomic E-state index is 0.189. The van der Waals surface area contributed by atoms with Crippen LogP contribution in [0.15, 0.2) is 18.2 Å². The second-order valence-corrected chi connectivity index (χ2v) is 7.03. The minimum Gasteiger partial charge on any atom is -0.324 e. The predicted molar refractivity (Wildman–Crippen MR) is 84.7 cm³/mol. The Kier molecular flexibility index (Phi) is 4.13. The fourth-order valence-electron chi connectivity index (χ4n) is 4.23. The summed E-state index contributed by atoms with van der Waals surface area (Å²) < 4.78 is 0. The first kappa shape index (κ1) is 14.1. The molecule has 2 heteroatoms. The van der Waals surface area contributed by atoms with Crippen molar-refractivity contribution in [2.24, 2.45) is 17.6 Å². The lowest BCUT2D eigenvalue weighted by molar-refractivity contribution is 0.298. The number of hydrogen-bond donors (Lipinski definition) is 1. The number of hydrogen-bond acceptors (Lipinski definition) is 2. The Morgan fingerprint density at radius 3 is 2.30 bits per heavy atom. The van der Waals surface area contributed by atoms with Crippen molar-refractivity contribution in [3.63, 3.8) is 0 Å². The Hall–Kier alpha value is -0.860. The first-order valence-corrected chi connectivity index (χ1v) is 8.18. The highest BCUT2D eigenvalue weighted by molar-refractivity contribution is 5.30. The van der Waals surface area contributed by atoms with Crippen molar-refractivity contribution in [1.82, 2.24) is 4.90 Å². The maximum Gasteiger partial charge on any atom is 0.0307 e. The van der Waals surface area contributed by atoms with E-state index in [4.69, 9.17) is 5.73 Å². The average molecular weight is 272 g/mol. The van der Waals surface area contributed by atoms with E-state index in [2.05, 4.69) is 36.9 Å². The summed E-state index contributed by atoms with van der Waals surface area (Å²) in [5.41, 5.74) is 10.4. The van der Waals surface area contributed by atoms with Crippen LogP contribution in [0, 0.1) is 25.7 Å². The molecule has 2 fully saturated rings. The van der Waals surface area contributed by atoms with E-state index in [0.29, 0.717) is 0 Å². The van der Waals surface area contributed by atoms with Crippen molar-refractivity contribution in [3.8, 4) is 0 Å². The highest BCUT2D eigenvalue weighted by Crippen LogP contribution is 2.37. The molecule has 1 aliphatic heterocycles. The summed E-state index contributed by atoms with van der Waals surface area (Å²) in [4.78, 5) is 2.65. The van der Waals surface area contributed by atoms with Gasteiger partial charge in [-0.25, -0.2) is 0 Å². The molecule has 1 saturated carbocycles. The van der Waals surface area contributed by atoms with E-state index in [1.54, 1.807) is 0 Å². The van der Waals surface area contributed by atoms with Gasteiger partial charge < -0.3 is 10.6 Å². The molecule has 1 heterocycles. The van der Waals surface area contributed by atoms with Crippen LogP contribution in [-0.2, 0) is 0 Å². The monoisotopic (exact) mass is 272 g/mol. The van der Waals surface area contributed by atoms with Crippen LogP contribution in [0.1, 0.15) is 48.4 Å². The Labute approximate surface area is 123 Å². The van der Waals surface area contributed by atoms with E-state index in [-0.39, 0.29) is 6.04 Å². The van der Waals surface area contributed by atoms with E-state index in [0.717, 1.165) is 18.3 Å². The molecular formula is C18H28N2. The Bertz CT molecular complexity index is 436. The number of likely N-dealkylation sites (tertiary alicyclic amines) is 1. The van der Waals surface area contributed by atoms with Gasteiger partial charge in [0.1, 0.15) is 0 Å². The summed E-state index contributed by atoms with van der Waals surface area (Å²) in [6.07, 6.45) is 5.47. The van der Waals surface area contributed by atoms with Crippen molar-refractivity contribution in [1.29, 1.82) is 0 Å². The van der Waals surface area contributed by atoms with Gasteiger partial charge in [-0.05, 0) is 57.1 Å². The summed E-state index contributed by atoms with van der Waals surface area (Å²) in [5, 5.41) is 0. The number of fused-ring (bicyclic) bond motifs is 1. The topological polar surface area (TPSA) is 29.3 Å². The molecule has 2 nitrogen and oxygen atoms in total. The number of nitrogens with zero attached hydrogens (tertiary/aromatic N) is 1. The molecule has 1 saturated heterocycles. The fourth-order valence-corrected chi connectivity index (χ4v) is 4.23. The molecule has 2 aliphatic rings. The standard InChI is InChI=1S/C18H28N2/c1-13-8-14(2)10-17(9-13)18(19)6-7-20-11-15-4-3-5-16(15)12-20/h8-10,15-16,18H,3-7,11-12,19H2,1-2H3. The Balaban J connectivity index is 1.53. The van der Waals surface area contributed by atoms with E-state index in [1.807, 2.05) is 0 Å². The molecule has 0 bridgehead atoms. The number of nitrogens with two attached hydrogens (primary N) is 1. The van der Waals surface area contributed by atoms with Gasteiger partial charge in [-0.2, -0.15) is 0 Å². The Morgan fingerprint density at radius 1 is 1.10 bits per heavy atom. The van der Waals surface area contributed by atoms with Gasteiger partial charge in [0.2, 0.25) is 0 Å². The number of rotatable bonds is 4. The number of aryl methyl sites for hydroxylation is 2. The van der Waals surface area contributed by atoms with Crippen LogP contribution < -0.4 is 5.73 Å². The summed E-state index contributed by atoms with van der Waals surface area (Å²) in [7, 11) is 0. The highest BCUT2D eigenvalue weighted by atomic mass is 15.2. The normalized spacial score (nSPS) is 27.8. The SMILES string of the molecule is Cc1cc(C)cc(C(N)CCN2CC3CCCC3C2)c1. The lowest BCUT2D eigenvalue weighted by atomic mass is 10.00. The number of benzene rings is 1. The van der Waals surface area contributed by atoms with Gasteiger partial charge in [0, 0.05) is 19.1 Å². The first-order valence-electron chi connectivity index (χ1n) is 8.18. The molecule has 3 rings (SSSR count). The summed E-state index contributed by atoms with van der Waals surface area (Å²) in [5.74, 6) is 1.99. The third-order valence-electron chi connectivity index (χ3n) is 5.23. The molecule has 3 unspecified atom stereocenters. The van der Waals surface area contributed by atoms with Gasteiger partial charge in [0.05, 0.1) is 0 Å². The smallest absolute Gasteiger partial charge is 0.0307 e. The lowest BCUT2D eigenvalue weighted by Gasteiger charge is -2.20. The molecule has 0 aromatic heterocycles. The third kappa shape index (κ3) is 3.07. The molecule has 0 spiro atoms. The van der Waals surface area contributed by atoms with Gasteiger partial charge >= 0.3 is 0 Å². The van der Waals surface area contributed by atoms with Crippen molar-refractivity contribution in [3.05, 3.63) is 34.9 Å². The van der Waals surface area contributed by atoms with Crippen LogP contribution in [0.3, 0.4) is 0 Å². The zero-order chi connectivity index (χ0) is 14.1. The second-order valence-electron chi connectivity index (χ2n) is 7.03. The molecule has 3 atom stereocenters. The maximum absolute atomic E-state index is 6.40. The molecule has 110 valence electrons. The van der Waals surface area contributed by atoms with Gasteiger partial charge in [0.25, 0.3) is 0 Å². The van der Waals surface area contributed by atoms with Gasteiger partial charge in [0.15, 0.2) is 0 Å². The maximum atomic E-state index is 6.40. The summed E-state index contributed by atoms with van der Waals surface area (Å²) >= 11 is 0. The van der Waals surface area contributed by atoms with E-state index >= 15 is 0 Å². The van der Waals surface area contributed by atoms with Crippen molar-refractivity contribution >= 4 is 0 Å². The largest absolute Gasteiger partial charge is 0.324 e. The van der Waals surface area contributed by atoms with E-state index < -0.39 is 0 Å². The van der Waals surface area contributed by atoms with Crippen LogP contribution in [0.25, 0.3) is 0 Å². The minimum absolute atomic E-state index is 0.189. The predicted octanol–water partition coefficient (Wildman–Crippen LogP) is 3.43. The molecule has 2 N–H and O–H groups in total. The van der Waals surface area contributed by atoms with Crippen molar-refractivity contribution in [2.45, 2.75) is 45.6 Å². The van der Waals surface area contributed by atoms with E-state index in [9.17, 15) is 0 Å². The van der Waals surface area contributed by atoms with Crippen molar-refractivity contribution < 1.29 is 0 Å². The molecule has 0 amide bonds. The second kappa shape index (κ2) is 5.87. The van der Waals surface area contributed by atoms with Gasteiger partial charge in [-0.1, -0.05) is 35.7 Å². The Morgan fingerprint density at radius 2 is 1.70 bits per heavy atom. The third-order valence-corrected chi connectivity index (χ3v) is 5.23. The fraction of sp³-hybridized carbons (Fsp3) is 0.667.